The van der Waals surface area contributed by atoms with Crippen molar-refractivity contribution in [1.82, 2.24) is 14.5 Å². The van der Waals surface area contributed by atoms with Gasteiger partial charge in [0.2, 0.25) is 0 Å². The summed E-state index contributed by atoms with van der Waals surface area (Å²) in [7, 11) is 0. The predicted octanol–water partition coefficient (Wildman–Crippen LogP) is 0.507. The van der Waals surface area contributed by atoms with Gasteiger partial charge in [0, 0.05) is 42.0 Å². The molecule has 138 valence electrons. The number of nitrogens with one attached hydrogen (secondary N) is 1. The molecule has 1 saturated heterocycles. The highest BCUT2D eigenvalue weighted by Crippen LogP contribution is 2.42. The highest BCUT2D eigenvalue weighted by atomic mass is 16.2. The molecular formula is C20H20N4O3. The third-order valence-electron chi connectivity index (χ3n) is 5.20. The Morgan fingerprint density at radius 1 is 1.19 bits per heavy atom. The van der Waals surface area contributed by atoms with Gasteiger partial charge in [0.15, 0.2) is 0 Å². The number of aromatic nitrogens is 2. The van der Waals surface area contributed by atoms with Gasteiger partial charge in [0.1, 0.15) is 0 Å². The Morgan fingerprint density at radius 2 is 1.96 bits per heavy atom. The van der Waals surface area contributed by atoms with E-state index in [9.17, 15) is 14.4 Å². The zero-order valence-electron chi connectivity index (χ0n) is 14.9. The monoisotopic (exact) mass is 364 g/mol. The van der Waals surface area contributed by atoms with Crippen molar-refractivity contribution in [3.05, 3.63) is 92.0 Å². The summed E-state index contributed by atoms with van der Waals surface area (Å²) in [6, 6.07) is -0.0429. The van der Waals surface area contributed by atoms with Crippen molar-refractivity contribution < 1.29 is 4.79 Å². The maximum absolute atomic E-state index is 12.8. The molecular weight excluding hydrogens is 344 g/mol. The van der Waals surface area contributed by atoms with Crippen LogP contribution in [0, 0.1) is 12.8 Å². The van der Waals surface area contributed by atoms with Gasteiger partial charge in [0.05, 0.1) is 6.04 Å². The summed E-state index contributed by atoms with van der Waals surface area (Å²) in [4.78, 5) is 40.1. The number of hydrogen-bond donors (Lipinski definition) is 2. The quantitative estimate of drug-likeness (QED) is 0.760. The summed E-state index contributed by atoms with van der Waals surface area (Å²) < 4.78 is 1.42. The van der Waals surface area contributed by atoms with Crippen LogP contribution in [0.3, 0.4) is 0 Å². The van der Waals surface area contributed by atoms with Gasteiger partial charge in [-0.25, -0.2) is 4.79 Å². The molecule has 4 rings (SSSR count). The molecule has 3 N–H and O–H groups in total. The Bertz CT molecular complexity index is 1080. The minimum absolute atomic E-state index is 0.00732. The number of aromatic amines is 1. The summed E-state index contributed by atoms with van der Waals surface area (Å²) in [6.07, 6.45) is 14.8. The van der Waals surface area contributed by atoms with Crippen molar-refractivity contribution in [2.75, 3.05) is 6.54 Å². The fourth-order valence-electron chi connectivity index (χ4n) is 3.81. The number of H-pyrrole nitrogens is 1. The zero-order valence-corrected chi connectivity index (χ0v) is 14.9. The average Bonchev–Trinajstić information content (AvgIpc) is 2.92. The Morgan fingerprint density at radius 3 is 2.78 bits per heavy atom. The van der Waals surface area contributed by atoms with E-state index in [1.165, 1.54) is 10.8 Å². The number of rotatable bonds is 4. The third kappa shape index (κ3) is 2.81. The van der Waals surface area contributed by atoms with Crippen molar-refractivity contribution in [2.24, 2.45) is 11.7 Å². The van der Waals surface area contributed by atoms with Crippen LogP contribution in [0.1, 0.15) is 5.56 Å². The second-order valence-corrected chi connectivity index (χ2v) is 6.87. The van der Waals surface area contributed by atoms with Crippen molar-refractivity contribution in [3.8, 4) is 0 Å². The van der Waals surface area contributed by atoms with Gasteiger partial charge in [-0.2, -0.15) is 0 Å². The maximum Gasteiger partial charge on any atom is 0.328 e. The fraction of sp³-hybridized carbons (Fsp3) is 0.250. The van der Waals surface area contributed by atoms with Crippen LogP contribution in [-0.4, -0.2) is 32.9 Å². The number of carbonyl (C=O) groups is 1. The summed E-state index contributed by atoms with van der Waals surface area (Å²) in [5.74, 6) is -0.00160. The van der Waals surface area contributed by atoms with Crippen molar-refractivity contribution in [1.29, 1.82) is 0 Å². The molecule has 0 aromatic carbocycles. The number of carbonyl (C=O) groups excluding carboxylic acids is 1. The first-order valence-electron chi connectivity index (χ1n) is 8.80. The number of nitrogens with zero attached hydrogens (tertiary/aromatic N) is 2. The molecule has 0 spiro atoms. The van der Waals surface area contributed by atoms with E-state index in [1.807, 2.05) is 47.4 Å². The van der Waals surface area contributed by atoms with Crippen molar-refractivity contribution in [3.63, 3.8) is 0 Å². The van der Waals surface area contributed by atoms with E-state index in [1.54, 1.807) is 6.92 Å². The SMILES string of the molecule is Cc1cn(C/C=C\CN2C(=O)C3=CC=CC4=C(N)C=CC2C34)c(=O)[nH]c1=O. The van der Waals surface area contributed by atoms with Gasteiger partial charge < -0.3 is 10.6 Å². The summed E-state index contributed by atoms with van der Waals surface area (Å²) in [5.41, 5.74) is 8.19. The van der Waals surface area contributed by atoms with Crippen LogP contribution in [0.15, 0.2) is 75.2 Å². The molecule has 1 aromatic heterocycles. The fourth-order valence-corrected chi connectivity index (χ4v) is 3.81. The molecule has 7 nitrogen and oxygen atoms in total. The Hall–Kier alpha value is -3.35. The molecule has 3 aliphatic rings. The van der Waals surface area contributed by atoms with E-state index >= 15 is 0 Å². The Balaban J connectivity index is 1.50. The minimum Gasteiger partial charge on any atom is -0.398 e. The first kappa shape index (κ1) is 17.1. The number of amides is 1. The molecule has 0 saturated carbocycles. The molecule has 2 unspecified atom stereocenters. The molecule has 0 radical (unpaired) electrons. The highest BCUT2D eigenvalue weighted by Gasteiger charge is 2.45. The van der Waals surface area contributed by atoms with Crippen LogP contribution < -0.4 is 17.0 Å². The van der Waals surface area contributed by atoms with E-state index in [0.717, 1.165) is 11.1 Å². The van der Waals surface area contributed by atoms with Crippen LogP contribution in [0.2, 0.25) is 0 Å². The molecule has 2 atom stereocenters. The van der Waals surface area contributed by atoms with E-state index in [2.05, 4.69) is 4.98 Å². The van der Waals surface area contributed by atoms with Gasteiger partial charge >= 0.3 is 5.69 Å². The van der Waals surface area contributed by atoms with Crippen LogP contribution in [0.5, 0.6) is 0 Å². The minimum atomic E-state index is -0.449. The van der Waals surface area contributed by atoms with Gasteiger partial charge in [-0.1, -0.05) is 36.5 Å². The summed E-state index contributed by atoms with van der Waals surface area (Å²) in [5, 5.41) is 0. The second-order valence-electron chi connectivity index (χ2n) is 6.87. The first-order chi connectivity index (χ1) is 13.0. The van der Waals surface area contributed by atoms with E-state index in [4.69, 9.17) is 5.73 Å². The Kier molecular flexibility index (Phi) is 4.07. The number of aryl methyl sites for hydroxylation is 1. The topological polar surface area (TPSA) is 101 Å². The first-order valence-corrected chi connectivity index (χ1v) is 8.80. The van der Waals surface area contributed by atoms with Crippen molar-refractivity contribution in [2.45, 2.75) is 19.5 Å². The molecule has 1 amide bonds. The van der Waals surface area contributed by atoms with Crippen LogP contribution in [-0.2, 0) is 11.3 Å². The lowest BCUT2D eigenvalue weighted by Crippen LogP contribution is -2.36. The number of nitrogens with two attached hydrogens (primary N) is 1. The maximum atomic E-state index is 12.8. The second kappa shape index (κ2) is 6.42. The lowest BCUT2D eigenvalue weighted by molar-refractivity contribution is -0.125. The Labute approximate surface area is 155 Å². The molecule has 1 aromatic rings. The summed E-state index contributed by atoms with van der Waals surface area (Å²) in [6.45, 7) is 2.41. The van der Waals surface area contributed by atoms with E-state index < -0.39 is 5.69 Å². The van der Waals surface area contributed by atoms with E-state index in [-0.39, 0.29) is 23.4 Å². The number of hydrogen-bond acceptors (Lipinski definition) is 4. The largest absolute Gasteiger partial charge is 0.398 e. The normalized spacial score (nSPS) is 23.4. The standard InChI is InChI=1S/C20H20N4O3/c1-12-11-23(20(27)22-18(12)25)9-2-3-10-24-16-8-7-15(21)13-5-4-6-14(17(13)16)19(24)26/h2-8,11,16-17H,9-10,21H2,1H3,(H,22,25,27)/b3-2-. The smallest absolute Gasteiger partial charge is 0.328 e. The van der Waals surface area contributed by atoms with E-state index in [0.29, 0.717) is 24.4 Å². The molecule has 2 aliphatic carbocycles. The molecule has 7 heteroatoms. The average molecular weight is 364 g/mol. The highest BCUT2D eigenvalue weighted by molar-refractivity contribution is 5.99. The number of allylic oxidation sites excluding steroid dienone is 5. The van der Waals surface area contributed by atoms with Crippen LogP contribution >= 0.6 is 0 Å². The lowest BCUT2D eigenvalue weighted by atomic mass is 9.80. The van der Waals surface area contributed by atoms with Gasteiger partial charge in [-0.3, -0.25) is 19.1 Å². The van der Waals surface area contributed by atoms with Gasteiger partial charge in [-0.05, 0) is 18.6 Å². The number of likely N-dealkylation sites (tertiary alicyclic amines) is 1. The van der Waals surface area contributed by atoms with Gasteiger partial charge in [0.25, 0.3) is 11.5 Å². The molecule has 2 heterocycles. The molecule has 27 heavy (non-hydrogen) atoms. The zero-order chi connectivity index (χ0) is 19.1. The van der Waals surface area contributed by atoms with Gasteiger partial charge in [-0.15, -0.1) is 0 Å². The van der Waals surface area contributed by atoms with Crippen LogP contribution in [0.25, 0.3) is 0 Å². The van der Waals surface area contributed by atoms with Crippen molar-refractivity contribution >= 4 is 5.91 Å². The third-order valence-corrected chi connectivity index (χ3v) is 5.20. The van der Waals surface area contributed by atoms with Crippen LogP contribution in [0.4, 0.5) is 0 Å². The lowest BCUT2D eigenvalue weighted by Gasteiger charge is -2.29. The molecule has 1 fully saturated rings. The molecule has 1 aliphatic heterocycles. The summed E-state index contributed by atoms with van der Waals surface area (Å²) >= 11 is 0. The molecule has 0 bridgehead atoms. The predicted molar refractivity (Wildman–Crippen MR) is 102 cm³/mol.